The van der Waals surface area contributed by atoms with E-state index in [-0.39, 0.29) is 5.91 Å². The van der Waals surface area contributed by atoms with Gasteiger partial charge in [-0.05, 0) is 0 Å². The summed E-state index contributed by atoms with van der Waals surface area (Å²) in [5.74, 6) is 0.123. The van der Waals surface area contributed by atoms with E-state index in [4.69, 9.17) is 0 Å². The fourth-order valence-electron chi connectivity index (χ4n) is 1.19. The van der Waals surface area contributed by atoms with Crippen molar-refractivity contribution in [2.75, 3.05) is 19.6 Å². The molecule has 0 spiro atoms. The Kier molecular flexibility index (Phi) is 4.47. The molecule has 0 bridgehead atoms. The van der Waals surface area contributed by atoms with Crippen LogP contribution in [0.15, 0.2) is 24.3 Å². The van der Waals surface area contributed by atoms with Crippen molar-refractivity contribution < 1.29 is 9.59 Å². The fraction of sp³-hybridized carbons (Fsp3) is 0.400. The van der Waals surface area contributed by atoms with E-state index in [1.165, 1.54) is 0 Å². The van der Waals surface area contributed by atoms with Crippen LogP contribution in [0.2, 0.25) is 0 Å². The van der Waals surface area contributed by atoms with Crippen LogP contribution in [-0.2, 0) is 9.59 Å². The van der Waals surface area contributed by atoms with Gasteiger partial charge in [0.15, 0.2) is 0 Å². The highest BCUT2D eigenvalue weighted by Gasteiger charge is 2.11. The van der Waals surface area contributed by atoms with Gasteiger partial charge >= 0.3 is 0 Å². The summed E-state index contributed by atoms with van der Waals surface area (Å²) in [5, 5.41) is 2.49. The molecule has 0 aromatic carbocycles. The first-order valence-electron chi connectivity index (χ1n) is 4.59. The standard InChI is InChI=1S/C10H14N2O2/c13-9-11-6-2-1-5-10(14)12-7-3-4-8-12/h1-4,9H,5-8H2,(H,11,13)/b2-1-. The Morgan fingerprint density at radius 3 is 2.71 bits per heavy atom. The van der Waals surface area contributed by atoms with Gasteiger partial charge in [0.2, 0.25) is 12.3 Å². The van der Waals surface area contributed by atoms with Gasteiger partial charge in [-0.3, -0.25) is 9.59 Å². The van der Waals surface area contributed by atoms with Gasteiger partial charge in [-0.25, -0.2) is 0 Å². The van der Waals surface area contributed by atoms with Crippen LogP contribution >= 0.6 is 0 Å². The van der Waals surface area contributed by atoms with Crippen molar-refractivity contribution in [1.82, 2.24) is 10.2 Å². The minimum absolute atomic E-state index is 0.123. The largest absolute Gasteiger partial charge is 0.355 e. The topological polar surface area (TPSA) is 49.4 Å². The van der Waals surface area contributed by atoms with E-state index in [1.807, 2.05) is 12.2 Å². The second kappa shape index (κ2) is 5.96. The second-order valence-corrected chi connectivity index (χ2v) is 2.97. The van der Waals surface area contributed by atoms with Gasteiger partial charge in [-0.15, -0.1) is 0 Å². The van der Waals surface area contributed by atoms with Crippen LogP contribution < -0.4 is 5.32 Å². The summed E-state index contributed by atoms with van der Waals surface area (Å²) < 4.78 is 0. The van der Waals surface area contributed by atoms with Crippen molar-refractivity contribution in [2.24, 2.45) is 0 Å². The fourth-order valence-corrected chi connectivity index (χ4v) is 1.19. The number of hydrogen-bond acceptors (Lipinski definition) is 2. The lowest BCUT2D eigenvalue weighted by atomic mass is 10.3. The smallest absolute Gasteiger partial charge is 0.226 e. The molecule has 0 radical (unpaired) electrons. The summed E-state index contributed by atoms with van der Waals surface area (Å²) in [6.45, 7) is 1.92. The van der Waals surface area contributed by atoms with Crippen molar-refractivity contribution in [2.45, 2.75) is 6.42 Å². The lowest BCUT2D eigenvalue weighted by Crippen LogP contribution is -2.27. The Hall–Kier alpha value is -1.58. The normalized spacial score (nSPS) is 15.0. The van der Waals surface area contributed by atoms with Gasteiger partial charge in [0, 0.05) is 26.1 Å². The van der Waals surface area contributed by atoms with Crippen LogP contribution in [0.5, 0.6) is 0 Å². The average Bonchev–Trinajstić information content (AvgIpc) is 2.70. The molecule has 1 heterocycles. The molecule has 0 saturated carbocycles. The number of rotatable bonds is 5. The molecular formula is C10H14N2O2. The van der Waals surface area contributed by atoms with E-state index in [1.54, 1.807) is 17.1 Å². The molecule has 2 amide bonds. The first-order chi connectivity index (χ1) is 6.84. The van der Waals surface area contributed by atoms with Gasteiger partial charge in [-0.2, -0.15) is 0 Å². The molecule has 0 aliphatic carbocycles. The van der Waals surface area contributed by atoms with Crippen LogP contribution in [0.25, 0.3) is 0 Å². The summed E-state index contributed by atoms with van der Waals surface area (Å²) in [7, 11) is 0. The summed E-state index contributed by atoms with van der Waals surface area (Å²) >= 11 is 0. The Bertz CT molecular complexity index is 251. The summed E-state index contributed by atoms with van der Waals surface area (Å²) in [6, 6.07) is 0. The molecule has 0 atom stereocenters. The van der Waals surface area contributed by atoms with E-state index in [2.05, 4.69) is 5.32 Å². The van der Waals surface area contributed by atoms with Gasteiger partial charge in [0.05, 0.1) is 0 Å². The van der Waals surface area contributed by atoms with Crippen molar-refractivity contribution in [3.05, 3.63) is 24.3 Å². The van der Waals surface area contributed by atoms with Crippen molar-refractivity contribution in [3.8, 4) is 0 Å². The maximum atomic E-state index is 11.4. The van der Waals surface area contributed by atoms with Crippen LogP contribution in [0.3, 0.4) is 0 Å². The van der Waals surface area contributed by atoms with E-state index < -0.39 is 0 Å². The molecule has 1 rings (SSSR count). The van der Waals surface area contributed by atoms with Crippen LogP contribution in [0, 0.1) is 0 Å². The SMILES string of the molecule is O=CNC/C=C\CC(=O)N1CC=CC1. The Morgan fingerprint density at radius 1 is 1.36 bits per heavy atom. The zero-order chi connectivity index (χ0) is 10.2. The molecule has 1 N–H and O–H groups in total. The zero-order valence-electron chi connectivity index (χ0n) is 7.98. The predicted octanol–water partition coefficient (Wildman–Crippen LogP) is 0.0771. The number of carbonyl (C=O) groups excluding carboxylic acids is 2. The highest BCUT2D eigenvalue weighted by atomic mass is 16.2. The van der Waals surface area contributed by atoms with Gasteiger partial charge in [0.25, 0.3) is 0 Å². The molecule has 1 aliphatic rings. The molecule has 1 aliphatic heterocycles. The molecule has 76 valence electrons. The summed E-state index contributed by atoms with van der Waals surface area (Å²) in [4.78, 5) is 23.1. The number of hydrogen-bond donors (Lipinski definition) is 1. The summed E-state index contributed by atoms with van der Waals surface area (Å²) in [6.07, 6.45) is 8.55. The molecule has 0 aromatic rings. The van der Waals surface area contributed by atoms with Crippen molar-refractivity contribution >= 4 is 12.3 Å². The number of nitrogens with one attached hydrogen (secondary N) is 1. The molecular weight excluding hydrogens is 180 g/mol. The first-order valence-corrected chi connectivity index (χ1v) is 4.59. The lowest BCUT2D eigenvalue weighted by Gasteiger charge is -2.13. The van der Waals surface area contributed by atoms with E-state index in [0.29, 0.717) is 19.4 Å². The van der Waals surface area contributed by atoms with E-state index in [9.17, 15) is 9.59 Å². The monoisotopic (exact) mass is 194 g/mol. The van der Waals surface area contributed by atoms with Crippen molar-refractivity contribution in [1.29, 1.82) is 0 Å². The molecule has 4 heteroatoms. The zero-order valence-corrected chi connectivity index (χ0v) is 7.98. The molecule has 0 aromatic heterocycles. The number of nitrogens with zero attached hydrogens (tertiary/aromatic N) is 1. The highest BCUT2D eigenvalue weighted by Crippen LogP contribution is 2.01. The lowest BCUT2D eigenvalue weighted by molar-refractivity contribution is -0.128. The van der Waals surface area contributed by atoms with Crippen molar-refractivity contribution in [3.63, 3.8) is 0 Å². The van der Waals surface area contributed by atoms with Crippen LogP contribution in [-0.4, -0.2) is 36.9 Å². The molecule has 4 nitrogen and oxygen atoms in total. The van der Waals surface area contributed by atoms with Gasteiger partial charge in [0.1, 0.15) is 0 Å². The number of amides is 2. The summed E-state index contributed by atoms with van der Waals surface area (Å²) in [5.41, 5.74) is 0. The minimum atomic E-state index is 0.123. The Labute approximate surface area is 83.3 Å². The maximum absolute atomic E-state index is 11.4. The average molecular weight is 194 g/mol. The third-order valence-corrected chi connectivity index (χ3v) is 1.95. The molecule has 0 fully saturated rings. The third kappa shape index (κ3) is 3.43. The van der Waals surface area contributed by atoms with Crippen LogP contribution in [0.1, 0.15) is 6.42 Å². The molecule has 0 saturated heterocycles. The Balaban J connectivity index is 2.14. The molecule has 14 heavy (non-hydrogen) atoms. The highest BCUT2D eigenvalue weighted by molar-refractivity contribution is 5.78. The van der Waals surface area contributed by atoms with Gasteiger partial charge < -0.3 is 10.2 Å². The van der Waals surface area contributed by atoms with E-state index in [0.717, 1.165) is 13.1 Å². The third-order valence-electron chi connectivity index (χ3n) is 1.95. The Morgan fingerprint density at radius 2 is 2.07 bits per heavy atom. The van der Waals surface area contributed by atoms with Crippen LogP contribution in [0.4, 0.5) is 0 Å². The number of carbonyl (C=O) groups is 2. The molecule has 0 unspecified atom stereocenters. The predicted molar refractivity (Wildman–Crippen MR) is 53.5 cm³/mol. The second-order valence-electron chi connectivity index (χ2n) is 2.97. The minimum Gasteiger partial charge on any atom is -0.355 e. The quantitative estimate of drug-likeness (QED) is 0.383. The van der Waals surface area contributed by atoms with Gasteiger partial charge in [-0.1, -0.05) is 24.3 Å². The van der Waals surface area contributed by atoms with E-state index >= 15 is 0 Å². The first kappa shape index (κ1) is 10.5. The maximum Gasteiger partial charge on any atom is 0.226 e.